The van der Waals surface area contributed by atoms with E-state index < -0.39 is 23.4 Å². The fourth-order valence-corrected chi connectivity index (χ4v) is 1.75. The fourth-order valence-electron chi connectivity index (χ4n) is 1.75. The first-order chi connectivity index (χ1) is 9.36. The number of rotatable bonds is 2. The van der Waals surface area contributed by atoms with Gasteiger partial charge in [-0.25, -0.2) is 4.79 Å². The summed E-state index contributed by atoms with van der Waals surface area (Å²) in [4.78, 5) is 11.5. The Bertz CT molecular complexity index is 650. The standard InChI is InChI=1S/C12H9F3N2O3/c1-19-11(18)9-8(10(16)20-17-9)6-4-2-3-5-7(6)12(13,14)15/h2-5H,16H2,1H3. The van der Waals surface area contributed by atoms with Crippen LogP contribution in [0.4, 0.5) is 19.1 Å². The van der Waals surface area contributed by atoms with Crippen molar-refractivity contribution in [2.24, 2.45) is 0 Å². The monoisotopic (exact) mass is 286 g/mol. The number of hydrogen-bond donors (Lipinski definition) is 1. The third kappa shape index (κ3) is 2.31. The summed E-state index contributed by atoms with van der Waals surface area (Å²) in [6.07, 6.45) is -4.60. The van der Waals surface area contributed by atoms with Crippen LogP contribution >= 0.6 is 0 Å². The molecular formula is C12H9F3N2O3. The minimum atomic E-state index is -4.60. The average Bonchev–Trinajstić information content (AvgIpc) is 2.78. The zero-order chi connectivity index (χ0) is 14.9. The molecule has 2 aromatic rings. The van der Waals surface area contributed by atoms with Crippen molar-refractivity contribution in [1.29, 1.82) is 0 Å². The maximum atomic E-state index is 13.0. The molecular weight excluding hydrogens is 277 g/mol. The van der Waals surface area contributed by atoms with Crippen molar-refractivity contribution >= 4 is 11.9 Å². The molecule has 0 aliphatic heterocycles. The third-order valence-electron chi connectivity index (χ3n) is 2.60. The van der Waals surface area contributed by atoms with Crippen LogP contribution in [0.5, 0.6) is 0 Å². The van der Waals surface area contributed by atoms with Gasteiger partial charge in [0.05, 0.1) is 18.2 Å². The molecule has 1 aromatic heterocycles. The lowest BCUT2D eigenvalue weighted by molar-refractivity contribution is -0.137. The summed E-state index contributed by atoms with van der Waals surface area (Å²) in [5, 5.41) is 3.34. The number of ether oxygens (including phenoxy) is 1. The van der Waals surface area contributed by atoms with Crippen LogP contribution in [-0.2, 0) is 10.9 Å². The Morgan fingerprint density at radius 1 is 1.35 bits per heavy atom. The number of nitrogens with zero attached hydrogens (tertiary/aromatic N) is 1. The zero-order valence-electron chi connectivity index (χ0n) is 10.2. The van der Waals surface area contributed by atoms with Gasteiger partial charge in [0.25, 0.3) is 0 Å². The number of nitrogen functional groups attached to an aromatic ring is 1. The number of carbonyl (C=O) groups excluding carboxylic acids is 1. The summed E-state index contributed by atoms with van der Waals surface area (Å²) < 4.78 is 48.0. The van der Waals surface area contributed by atoms with Gasteiger partial charge >= 0.3 is 12.1 Å². The van der Waals surface area contributed by atoms with Gasteiger partial charge in [0, 0.05) is 5.56 Å². The Kier molecular flexibility index (Phi) is 3.39. The average molecular weight is 286 g/mol. The molecule has 0 aliphatic rings. The molecule has 2 N–H and O–H groups in total. The van der Waals surface area contributed by atoms with E-state index in [1.165, 1.54) is 18.2 Å². The van der Waals surface area contributed by atoms with Gasteiger partial charge in [0.1, 0.15) is 0 Å². The number of methoxy groups -OCH3 is 1. The molecule has 20 heavy (non-hydrogen) atoms. The Morgan fingerprint density at radius 3 is 2.60 bits per heavy atom. The lowest BCUT2D eigenvalue weighted by atomic mass is 9.99. The molecule has 106 valence electrons. The van der Waals surface area contributed by atoms with Crippen LogP contribution in [0.1, 0.15) is 16.1 Å². The smallest absolute Gasteiger partial charge is 0.417 e. The van der Waals surface area contributed by atoms with Gasteiger partial charge in [-0.05, 0) is 6.07 Å². The summed E-state index contributed by atoms with van der Waals surface area (Å²) in [6, 6.07) is 4.67. The fraction of sp³-hybridized carbons (Fsp3) is 0.167. The molecule has 0 unspecified atom stereocenters. The molecule has 1 heterocycles. The van der Waals surface area contributed by atoms with E-state index in [2.05, 4.69) is 14.4 Å². The molecule has 2 rings (SSSR count). The summed E-state index contributed by atoms with van der Waals surface area (Å²) in [6.45, 7) is 0. The van der Waals surface area contributed by atoms with E-state index in [1.54, 1.807) is 0 Å². The second-order valence-electron chi connectivity index (χ2n) is 3.81. The molecule has 0 fully saturated rings. The third-order valence-corrected chi connectivity index (χ3v) is 2.60. The van der Waals surface area contributed by atoms with Crippen LogP contribution in [0.25, 0.3) is 11.1 Å². The highest BCUT2D eigenvalue weighted by Gasteiger charge is 2.36. The Balaban J connectivity index is 2.70. The van der Waals surface area contributed by atoms with Crippen molar-refractivity contribution in [2.75, 3.05) is 12.8 Å². The molecule has 0 amide bonds. The van der Waals surface area contributed by atoms with E-state index >= 15 is 0 Å². The maximum absolute atomic E-state index is 13.0. The van der Waals surface area contributed by atoms with Gasteiger partial charge in [0.15, 0.2) is 0 Å². The molecule has 1 aromatic carbocycles. The first-order valence-corrected chi connectivity index (χ1v) is 5.36. The number of alkyl halides is 3. The summed E-state index contributed by atoms with van der Waals surface area (Å²) >= 11 is 0. The Hall–Kier alpha value is -2.51. The highest BCUT2D eigenvalue weighted by molar-refractivity contribution is 5.98. The topological polar surface area (TPSA) is 78.3 Å². The van der Waals surface area contributed by atoms with Crippen LogP contribution in [0, 0.1) is 0 Å². The molecule has 5 nitrogen and oxygen atoms in total. The molecule has 0 radical (unpaired) electrons. The zero-order valence-corrected chi connectivity index (χ0v) is 10.2. The predicted molar refractivity (Wildman–Crippen MR) is 62.7 cm³/mol. The molecule has 0 aliphatic carbocycles. The van der Waals surface area contributed by atoms with Crippen molar-refractivity contribution < 1.29 is 27.2 Å². The number of halogens is 3. The van der Waals surface area contributed by atoms with E-state index in [0.717, 1.165) is 13.2 Å². The number of hydrogen-bond acceptors (Lipinski definition) is 5. The Labute approximate surface area is 111 Å². The first kappa shape index (κ1) is 13.9. The number of anilines is 1. The highest BCUT2D eigenvalue weighted by Crippen LogP contribution is 2.40. The lowest BCUT2D eigenvalue weighted by Crippen LogP contribution is -2.09. The number of aromatic nitrogens is 1. The second kappa shape index (κ2) is 4.87. The van der Waals surface area contributed by atoms with E-state index in [1.807, 2.05) is 0 Å². The Morgan fingerprint density at radius 2 is 2.00 bits per heavy atom. The van der Waals surface area contributed by atoms with Crippen LogP contribution in [0.15, 0.2) is 28.8 Å². The normalized spacial score (nSPS) is 11.4. The second-order valence-corrected chi connectivity index (χ2v) is 3.81. The minimum absolute atomic E-state index is 0.232. The number of benzene rings is 1. The SMILES string of the molecule is COC(=O)c1noc(N)c1-c1ccccc1C(F)(F)F. The summed E-state index contributed by atoms with van der Waals surface area (Å²) in [5.41, 5.74) is 3.60. The lowest BCUT2D eigenvalue weighted by Gasteiger charge is -2.12. The highest BCUT2D eigenvalue weighted by atomic mass is 19.4. The van der Waals surface area contributed by atoms with Crippen molar-refractivity contribution in [2.45, 2.75) is 6.18 Å². The van der Waals surface area contributed by atoms with Crippen LogP contribution in [0.2, 0.25) is 0 Å². The van der Waals surface area contributed by atoms with Gasteiger partial charge in [-0.1, -0.05) is 23.4 Å². The van der Waals surface area contributed by atoms with Gasteiger partial charge in [0.2, 0.25) is 11.6 Å². The van der Waals surface area contributed by atoms with E-state index in [9.17, 15) is 18.0 Å². The van der Waals surface area contributed by atoms with Crippen LogP contribution in [-0.4, -0.2) is 18.2 Å². The van der Waals surface area contributed by atoms with Crippen molar-refractivity contribution in [3.05, 3.63) is 35.5 Å². The first-order valence-electron chi connectivity index (χ1n) is 5.36. The van der Waals surface area contributed by atoms with Crippen LogP contribution in [0.3, 0.4) is 0 Å². The number of esters is 1. The van der Waals surface area contributed by atoms with Gasteiger partial charge in [-0.2, -0.15) is 13.2 Å². The van der Waals surface area contributed by atoms with Gasteiger partial charge < -0.3 is 15.0 Å². The molecule has 0 bridgehead atoms. The summed E-state index contributed by atoms with van der Waals surface area (Å²) in [5.74, 6) is -1.32. The number of nitrogens with two attached hydrogens (primary N) is 1. The predicted octanol–water partition coefficient (Wildman–Crippen LogP) is 2.73. The van der Waals surface area contributed by atoms with Crippen molar-refractivity contribution in [3.63, 3.8) is 0 Å². The largest absolute Gasteiger partial charge is 0.464 e. The molecule has 0 atom stereocenters. The molecule has 0 saturated carbocycles. The molecule has 8 heteroatoms. The molecule has 0 saturated heterocycles. The minimum Gasteiger partial charge on any atom is -0.464 e. The summed E-state index contributed by atoms with van der Waals surface area (Å²) in [7, 11) is 1.08. The quantitative estimate of drug-likeness (QED) is 0.859. The van der Waals surface area contributed by atoms with E-state index in [-0.39, 0.29) is 17.0 Å². The van der Waals surface area contributed by atoms with Crippen molar-refractivity contribution in [1.82, 2.24) is 5.16 Å². The van der Waals surface area contributed by atoms with Crippen LogP contribution < -0.4 is 5.73 Å². The number of carbonyl (C=O) groups is 1. The maximum Gasteiger partial charge on any atom is 0.417 e. The van der Waals surface area contributed by atoms with Gasteiger partial charge in [-0.15, -0.1) is 0 Å². The van der Waals surface area contributed by atoms with E-state index in [4.69, 9.17) is 5.73 Å². The van der Waals surface area contributed by atoms with Gasteiger partial charge in [-0.3, -0.25) is 0 Å². The van der Waals surface area contributed by atoms with Crippen molar-refractivity contribution in [3.8, 4) is 11.1 Å². The van der Waals surface area contributed by atoms with E-state index in [0.29, 0.717) is 0 Å². The molecule has 0 spiro atoms.